The molecule has 0 unspecified atom stereocenters. The first-order valence-electron chi connectivity index (χ1n) is 6.85. The van der Waals surface area contributed by atoms with Crippen LogP contribution in [0.1, 0.15) is 5.82 Å². The number of nitrogen functional groups attached to an aromatic ring is 1. The third-order valence-electron chi connectivity index (χ3n) is 3.56. The summed E-state index contributed by atoms with van der Waals surface area (Å²) in [4.78, 5) is 13.3. The van der Waals surface area contributed by atoms with Crippen LogP contribution < -0.4 is 10.7 Å². The highest BCUT2D eigenvalue weighted by atomic mass is 79.9. The minimum absolute atomic E-state index is 0.598. The van der Waals surface area contributed by atoms with Crippen LogP contribution in [0.15, 0.2) is 21.0 Å². The maximum atomic E-state index is 5.89. The summed E-state index contributed by atoms with van der Waals surface area (Å²) in [6, 6.07) is 0. The monoisotopic (exact) mass is 384 g/mol. The first kappa shape index (κ1) is 15.5. The first-order chi connectivity index (χ1) is 10.6. The van der Waals surface area contributed by atoms with Crippen molar-refractivity contribution in [3.63, 3.8) is 0 Å². The number of hydrogen-bond donors (Lipinski definition) is 1. The van der Waals surface area contributed by atoms with Crippen LogP contribution in [0.5, 0.6) is 0 Å². The number of aryl methyl sites for hydroxylation is 1. The smallest absolute Gasteiger partial charge is 0.216 e. The van der Waals surface area contributed by atoms with E-state index >= 15 is 0 Å². The highest BCUT2D eigenvalue weighted by Crippen LogP contribution is 2.35. The van der Waals surface area contributed by atoms with E-state index in [1.165, 1.54) is 16.4 Å². The van der Waals surface area contributed by atoms with Crippen LogP contribution in [0.4, 0.5) is 5.82 Å². The van der Waals surface area contributed by atoms with E-state index in [-0.39, 0.29) is 0 Å². The van der Waals surface area contributed by atoms with Gasteiger partial charge >= 0.3 is 0 Å². The molecule has 0 amide bonds. The van der Waals surface area contributed by atoms with E-state index in [0.717, 1.165) is 41.5 Å². The van der Waals surface area contributed by atoms with Gasteiger partial charge in [-0.3, -0.25) is 0 Å². The molecular formula is C12H17BrN8S. The van der Waals surface area contributed by atoms with Crippen molar-refractivity contribution in [2.75, 3.05) is 44.0 Å². The van der Waals surface area contributed by atoms with Crippen molar-refractivity contribution >= 4 is 33.5 Å². The second-order valence-corrected chi connectivity index (χ2v) is 6.86. The van der Waals surface area contributed by atoms with Gasteiger partial charge in [0, 0.05) is 26.2 Å². The topological polar surface area (TPSA) is 89.0 Å². The molecule has 1 fully saturated rings. The summed E-state index contributed by atoms with van der Waals surface area (Å²) >= 11 is 4.99. The van der Waals surface area contributed by atoms with E-state index in [2.05, 4.69) is 52.9 Å². The quantitative estimate of drug-likeness (QED) is 0.612. The van der Waals surface area contributed by atoms with Gasteiger partial charge in [0.25, 0.3) is 0 Å². The lowest BCUT2D eigenvalue weighted by atomic mass is 10.3. The fraction of sp³-hybridized carbons (Fsp3) is 0.500. The highest BCUT2D eigenvalue weighted by molar-refractivity contribution is 9.10. The molecule has 2 N–H and O–H groups in total. The number of nitrogens with zero attached hydrogens (tertiary/aromatic N) is 7. The molecule has 0 radical (unpaired) electrons. The van der Waals surface area contributed by atoms with E-state index in [0.29, 0.717) is 11.0 Å². The van der Waals surface area contributed by atoms with Gasteiger partial charge in [-0.05, 0) is 41.7 Å². The van der Waals surface area contributed by atoms with Crippen molar-refractivity contribution in [3.8, 4) is 0 Å². The SMILES string of the molecule is Cc1nnc(Sc2ncnc(N3CCN(C)CC3)c2Br)n1N. The second-order valence-electron chi connectivity index (χ2n) is 5.11. The zero-order chi connectivity index (χ0) is 15.7. The second kappa shape index (κ2) is 6.39. The molecule has 0 spiro atoms. The van der Waals surface area contributed by atoms with Gasteiger partial charge in [0.05, 0.1) is 4.47 Å². The fourth-order valence-electron chi connectivity index (χ4n) is 2.16. The van der Waals surface area contributed by atoms with Gasteiger partial charge in [0.15, 0.2) is 0 Å². The third-order valence-corrected chi connectivity index (χ3v) is 5.52. The van der Waals surface area contributed by atoms with E-state index in [9.17, 15) is 0 Å². The molecule has 0 atom stereocenters. The largest absolute Gasteiger partial charge is 0.353 e. The van der Waals surface area contributed by atoms with Gasteiger partial charge < -0.3 is 15.6 Å². The van der Waals surface area contributed by atoms with Gasteiger partial charge in [-0.15, -0.1) is 10.2 Å². The van der Waals surface area contributed by atoms with Crippen molar-refractivity contribution in [1.29, 1.82) is 0 Å². The molecule has 0 bridgehead atoms. The fourth-order valence-corrected chi connectivity index (χ4v) is 3.62. The van der Waals surface area contributed by atoms with Crippen LogP contribution in [0, 0.1) is 6.92 Å². The summed E-state index contributed by atoms with van der Waals surface area (Å²) < 4.78 is 2.32. The molecule has 3 rings (SSSR count). The number of hydrogen-bond acceptors (Lipinski definition) is 8. The molecule has 0 saturated carbocycles. The molecule has 2 aromatic heterocycles. The van der Waals surface area contributed by atoms with Crippen molar-refractivity contribution < 1.29 is 0 Å². The Balaban J connectivity index is 1.84. The lowest BCUT2D eigenvalue weighted by Crippen LogP contribution is -2.45. The third kappa shape index (κ3) is 3.03. The standard InChI is InChI=1S/C12H17BrN8S/c1-8-17-18-12(21(8)14)22-11-9(13)10(15-7-16-11)20-5-3-19(2)4-6-20/h7H,3-6,14H2,1-2H3. The Morgan fingerprint density at radius 2 is 1.91 bits per heavy atom. The number of nitrogens with two attached hydrogens (primary N) is 1. The van der Waals surface area contributed by atoms with Crippen LogP contribution in [0.2, 0.25) is 0 Å². The van der Waals surface area contributed by atoms with Crippen LogP contribution in [-0.2, 0) is 0 Å². The molecule has 3 heterocycles. The summed E-state index contributed by atoms with van der Waals surface area (Å²) in [6.45, 7) is 5.75. The summed E-state index contributed by atoms with van der Waals surface area (Å²) in [5, 5.41) is 9.39. The average Bonchev–Trinajstić information content (AvgIpc) is 2.82. The Morgan fingerprint density at radius 1 is 1.18 bits per heavy atom. The van der Waals surface area contributed by atoms with Crippen molar-refractivity contribution in [3.05, 3.63) is 16.6 Å². The summed E-state index contributed by atoms with van der Waals surface area (Å²) in [6.07, 6.45) is 1.57. The predicted molar refractivity (Wildman–Crippen MR) is 88.5 cm³/mol. The number of aromatic nitrogens is 5. The molecular weight excluding hydrogens is 368 g/mol. The van der Waals surface area contributed by atoms with Crippen LogP contribution in [0.25, 0.3) is 0 Å². The molecule has 1 aliphatic rings. The first-order valence-corrected chi connectivity index (χ1v) is 8.46. The normalized spacial score (nSPS) is 16.2. The van der Waals surface area contributed by atoms with E-state index < -0.39 is 0 Å². The number of rotatable bonds is 3. The number of piperazine rings is 1. The number of halogens is 1. The Hall–Kier alpha value is -1.39. The van der Waals surface area contributed by atoms with Gasteiger partial charge in [-0.25, -0.2) is 14.6 Å². The van der Waals surface area contributed by atoms with E-state index in [1.807, 2.05) is 6.92 Å². The Labute approximate surface area is 141 Å². The maximum absolute atomic E-state index is 5.89. The maximum Gasteiger partial charge on any atom is 0.216 e. The number of anilines is 1. The average molecular weight is 385 g/mol. The van der Waals surface area contributed by atoms with E-state index in [1.54, 1.807) is 6.33 Å². The summed E-state index contributed by atoms with van der Waals surface area (Å²) in [5.41, 5.74) is 0. The Kier molecular flexibility index (Phi) is 4.50. The Morgan fingerprint density at radius 3 is 2.55 bits per heavy atom. The van der Waals surface area contributed by atoms with Crippen molar-refractivity contribution in [2.45, 2.75) is 17.1 Å². The summed E-state index contributed by atoms with van der Waals surface area (Å²) in [5.74, 6) is 7.46. The zero-order valence-electron chi connectivity index (χ0n) is 12.4. The van der Waals surface area contributed by atoms with Gasteiger partial charge in [-0.1, -0.05) is 0 Å². The molecule has 1 aliphatic heterocycles. The lowest BCUT2D eigenvalue weighted by Gasteiger charge is -2.33. The minimum atomic E-state index is 0.598. The van der Waals surface area contributed by atoms with Crippen molar-refractivity contribution in [1.82, 2.24) is 29.7 Å². The van der Waals surface area contributed by atoms with Crippen LogP contribution >= 0.6 is 27.7 Å². The zero-order valence-corrected chi connectivity index (χ0v) is 14.8. The van der Waals surface area contributed by atoms with Gasteiger partial charge in [0.1, 0.15) is 23.0 Å². The molecule has 10 heteroatoms. The lowest BCUT2D eigenvalue weighted by molar-refractivity contribution is 0.311. The Bertz CT molecular complexity index is 667. The molecule has 0 aromatic carbocycles. The van der Waals surface area contributed by atoms with Gasteiger partial charge in [-0.2, -0.15) is 0 Å². The van der Waals surface area contributed by atoms with Crippen molar-refractivity contribution in [2.24, 2.45) is 0 Å². The molecule has 8 nitrogen and oxygen atoms in total. The van der Waals surface area contributed by atoms with E-state index in [4.69, 9.17) is 5.84 Å². The molecule has 22 heavy (non-hydrogen) atoms. The van der Waals surface area contributed by atoms with Crippen LogP contribution in [-0.4, -0.2) is 63.0 Å². The number of likely N-dealkylation sites (N-methyl/N-ethyl adjacent to an activating group) is 1. The molecule has 1 saturated heterocycles. The minimum Gasteiger partial charge on any atom is -0.353 e. The van der Waals surface area contributed by atoms with Crippen LogP contribution in [0.3, 0.4) is 0 Å². The van der Waals surface area contributed by atoms with Gasteiger partial charge in [0.2, 0.25) is 5.16 Å². The molecule has 0 aliphatic carbocycles. The molecule has 118 valence electrons. The highest BCUT2D eigenvalue weighted by Gasteiger charge is 2.21. The molecule has 2 aromatic rings. The summed E-state index contributed by atoms with van der Waals surface area (Å²) in [7, 11) is 2.13. The predicted octanol–water partition coefficient (Wildman–Crippen LogP) is 0.756.